The Labute approximate surface area is 330 Å². The van der Waals surface area contributed by atoms with Crippen LogP contribution in [-0.2, 0) is 31.1 Å². The molecule has 302 valence electrons. The average Bonchev–Trinajstić information content (AvgIpc) is 3.98. The molecule has 5 heterocycles. The molecule has 4 aliphatic heterocycles. The van der Waals surface area contributed by atoms with Crippen molar-refractivity contribution < 1.29 is 52.2 Å². The number of nitrogens with zero attached hydrogens (tertiary/aromatic N) is 1. The maximum absolute atomic E-state index is 15.3. The van der Waals surface area contributed by atoms with Crippen molar-refractivity contribution in [3.05, 3.63) is 64.7 Å². The number of hydrogen-bond donors (Lipinski definition) is 6. The molecule has 4 aliphatic rings. The fourth-order valence-electron chi connectivity index (χ4n) is 8.01. The van der Waals surface area contributed by atoms with Crippen LogP contribution in [0.1, 0.15) is 83.4 Å². The molecule has 2 unspecified atom stereocenters. The molecule has 18 heteroatoms. The van der Waals surface area contributed by atoms with Crippen LogP contribution < -0.4 is 31.3 Å². The summed E-state index contributed by atoms with van der Waals surface area (Å²) >= 11 is 1.79. The van der Waals surface area contributed by atoms with E-state index in [0.29, 0.717) is 36.0 Å². The van der Waals surface area contributed by atoms with Crippen LogP contribution in [0.3, 0.4) is 0 Å². The Hall–Kier alpha value is -5.65. The number of benzene rings is 2. The first-order valence-corrected chi connectivity index (χ1v) is 19.9. The summed E-state index contributed by atoms with van der Waals surface area (Å²) in [7, 11) is 1.48. The number of methoxy groups -OCH3 is 1. The van der Waals surface area contributed by atoms with Gasteiger partial charge in [-0.25, -0.2) is 14.0 Å². The van der Waals surface area contributed by atoms with Crippen LogP contribution in [0.4, 0.5) is 9.18 Å². The third-order valence-electron chi connectivity index (χ3n) is 11.0. The van der Waals surface area contributed by atoms with Gasteiger partial charge in [0.05, 0.1) is 31.2 Å². The molecule has 5 atom stereocenters. The number of thioether (sulfide) groups is 1. The molecule has 2 aromatic carbocycles. The minimum Gasteiger partial charge on any atom is -0.497 e. The lowest BCUT2D eigenvalue weighted by Gasteiger charge is -2.28. The van der Waals surface area contributed by atoms with Crippen LogP contribution in [-0.4, -0.2) is 101 Å². The number of amides is 7. The summed E-state index contributed by atoms with van der Waals surface area (Å²) in [5, 5.41) is 23.6. The van der Waals surface area contributed by atoms with Crippen LogP contribution in [0.2, 0.25) is 0 Å². The molecule has 0 radical (unpaired) electrons. The third kappa shape index (κ3) is 8.26. The number of aliphatic carboxylic acids is 1. The highest BCUT2D eigenvalue weighted by Gasteiger charge is 2.53. The van der Waals surface area contributed by atoms with Gasteiger partial charge in [0.25, 0.3) is 11.8 Å². The van der Waals surface area contributed by atoms with Crippen molar-refractivity contribution in [1.29, 1.82) is 0 Å². The minimum absolute atomic E-state index is 0.0377. The van der Waals surface area contributed by atoms with Gasteiger partial charge in [-0.05, 0) is 61.9 Å². The molecule has 3 aromatic rings. The zero-order valence-electron chi connectivity index (χ0n) is 31.1. The third-order valence-corrected chi connectivity index (χ3v) is 12.6. The van der Waals surface area contributed by atoms with Gasteiger partial charge in [-0.1, -0.05) is 12.5 Å². The summed E-state index contributed by atoms with van der Waals surface area (Å²) < 4.78 is 26.5. The van der Waals surface area contributed by atoms with E-state index in [1.165, 1.54) is 24.1 Å². The number of carboxylic acids is 1. The van der Waals surface area contributed by atoms with E-state index in [4.69, 9.17) is 9.15 Å². The standard InChI is InChI=1S/C39H43FN6O10S/c1-55-22-10-9-20-17-46(35(50)23(20)14-22)19-39(16-32(48)44-37(39)53)30-13-21-12-24(25(40)15-28(21)56-30)34(49)41-11-5-4-6-26(36(51)52)42-31(47)8-3-2-7-29-33-27(18-57-29)43-38(54)45-33/h9-10,12-15,26-27,29,33H,2-8,11,16-19H2,1H3,(H,41,49)(H,42,47)(H,51,52)(H2,43,45,54)(H,44,48,53)/t26-,27?,29-,33?,39+/m0/s1. The zero-order chi connectivity index (χ0) is 40.4. The topological polar surface area (TPSA) is 225 Å². The molecule has 7 amide bonds. The first-order chi connectivity index (χ1) is 27.3. The highest BCUT2D eigenvalue weighted by Crippen LogP contribution is 2.40. The smallest absolute Gasteiger partial charge is 0.326 e. The quantitative estimate of drug-likeness (QED) is 0.0661. The van der Waals surface area contributed by atoms with Crippen molar-refractivity contribution in [2.24, 2.45) is 0 Å². The van der Waals surface area contributed by atoms with Gasteiger partial charge < -0.3 is 40.4 Å². The summed E-state index contributed by atoms with van der Waals surface area (Å²) in [6.45, 7) is 0.104. The van der Waals surface area contributed by atoms with Gasteiger partial charge in [0.2, 0.25) is 17.7 Å². The van der Waals surface area contributed by atoms with Crippen LogP contribution in [0.15, 0.2) is 40.8 Å². The number of carbonyl (C=O) groups is 7. The molecule has 16 nitrogen and oxygen atoms in total. The van der Waals surface area contributed by atoms with Crippen LogP contribution >= 0.6 is 11.8 Å². The fourth-order valence-corrected chi connectivity index (χ4v) is 9.55. The summed E-state index contributed by atoms with van der Waals surface area (Å²) in [6.07, 6.45) is 2.91. The number of fused-ring (bicyclic) bond motifs is 3. The summed E-state index contributed by atoms with van der Waals surface area (Å²) in [6, 6.07) is 7.84. The number of urea groups is 1. The molecule has 0 bridgehead atoms. The first-order valence-electron chi connectivity index (χ1n) is 18.9. The molecule has 3 fully saturated rings. The first kappa shape index (κ1) is 39.6. The predicted octanol–water partition coefficient (Wildman–Crippen LogP) is 2.72. The summed E-state index contributed by atoms with van der Waals surface area (Å²) in [4.78, 5) is 89.7. The highest BCUT2D eigenvalue weighted by molar-refractivity contribution is 8.00. The zero-order valence-corrected chi connectivity index (χ0v) is 31.9. The Kier molecular flexibility index (Phi) is 11.4. The number of ether oxygens (including phenoxy) is 1. The molecular formula is C39H43FN6O10S. The second kappa shape index (κ2) is 16.4. The molecule has 3 saturated heterocycles. The molecular weight excluding hydrogens is 764 g/mol. The van der Waals surface area contributed by atoms with Crippen LogP contribution in [0.25, 0.3) is 11.0 Å². The van der Waals surface area contributed by atoms with Crippen LogP contribution in [0, 0.1) is 5.82 Å². The van der Waals surface area contributed by atoms with E-state index < -0.39 is 41.0 Å². The van der Waals surface area contributed by atoms with E-state index >= 15 is 4.39 Å². The van der Waals surface area contributed by atoms with Gasteiger partial charge in [0.1, 0.15) is 34.4 Å². The van der Waals surface area contributed by atoms with E-state index in [2.05, 4.69) is 26.6 Å². The molecule has 6 N–H and O–H groups in total. The predicted molar refractivity (Wildman–Crippen MR) is 203 cm³/mol. The van der Waals surface area contributed by atoms with E-state index in [-0.39, 0.29) is 91.0 Å². The Morgan fingerprint density at radius 3 is 2.67 bits per heavy atom. The number of carboxylic acid groups (broad SMARTS) is 1. The lowest BCUT2D eigenvalue weighted by molar-refractivity contribution is -0.142. The minimum atomic E-state index is -1.60. The Bertz CT molecular complexity index is 2140. The van der Waals surface area contributed by atoms with E-state index in [9.17, 15) is 38.7 Å². The number of unbranched alkanes of at least 4 members (excludes halogenated alkanes) is 2. The number of carbonyl (C=O) groups excluding carboxylic acids is 6. The molecule has 57 heavy (non-hydrogen) atoms. The van der Waals surface area contributed by atoms with Gasteiger partial charge in [0.15, 0.2) is 0 Å². The normalized spacial score (nSPS) is 22.8. The van der Waals surface area contributed by atoms with Crippen molar-refractivity contribution in [3.63, 3.8) is 0 Å². The lowest BCUT2D eigenvalue weighted by atomic mass is 9.82. The number of halogens is 1. The number of imide groups is 1. The van der Waals surface area contributed by atoms with Crippen LogP contribution in [0.5, 0.6) is 5.75 Å². The second-order valence-corrected chi connectivity index (χ2v) is 16.2. The van der Waals surface area contributed by atoms with Gasteiger partial charge in [-0.2, -0.15) is 11.8 Å². The Morgan fingerprint density at radius 2 is 1.91 bits per heavy atom. The maximum Gasteiger partial charge on any atom is 0.326 e. The number of rotatable bonds is 17. The fraction of sp³-hybridized carbons (Fsp3) is 0.462. The molecule has 0 aliphatic carbocycles. The van der Waals surface area contributed by atoms with Gasteiger partial charge in [-0.3, -0.25) is 29.3 Å². The number of nitrogens with one attached hydrogen (secondary N) is 5. The summed E-state index contributed by atoms with van der Waals surface area (Å²) in [5.74, 6) is -3.32. The molecule has 1 aromatic heterocycles. The SMILES string of the molecule is COc1ccc2c(c1)C(=O)N(C[C@@]1(c3cc4cc(C(=O)NCCCC[C@H](NC(=O)CCCC[C@@H]5SCC6NC(=O)NC65)C(=O)O)c(F)cc4o3)CC(=O)NC1=O)C2. The lowest BCUT2D eigenvalue weighted by Crippen LogP contribution is -2.46. The molecule has 7 rings (SSSR count). The molecule has 0 spiro atoms. The Balaban J connectivity index is 0.903. The van der Waals surface area contributed by atoms with Gasteiger partial charge in [-0.15, -0.1) is 0 Å². The molecule has 0 saturated carbocycles. The number of hydrogen-bond acceptors (Lipinski definition) is 10. The van der Waals surface area contributed by atoms with Crippen molar-refractivity contribution in [2.45, 2.75) is 86.7 Å². The average molecular weight is 807 g/mol. The van der Waals surface area contributed by atoms with Crippen molar-refractivity contribution in [2.75, 3.05) is 26.0 Å². The van der Waals surface area contributed by atoms with E-state index in [1.807, 2.05) is 0 Å². The van der Waals surface area contributed by atoms with Crippen molar-refractivity contribution in [3.8, 4) is 5.75 Å². The van der Waals surface area contributed by atoms with Crippen molar-refractivity contribution >= 4 is 64.3 Å². The number of furan rings is 1. The largest absolute Gasteiger partial charge is 0.497 e. The van der Waals surface area contributed by atoms with Gasteiger partial charge >= 0.3 is 12.0 Å². The van der Waals surface area contributed by atoms with Crippen molar-refractivity contribution in [1.82, 2.24) is 31.5 Å². The van der Waals surface area contributed by atoms with Gasteiger partial charge in [0, 0.05) is 54.1 Å². The van der Waals surface area contributed by atoms with E-state index in [1.54, 1.807) is 30.0 Å². The Morgan fingerprint density at radius 1 is 1.09 bits per heavy atom. The monoisotopic (exact) mass is 806 g/mol. The second-order valence-electron chi connectivity index (χ2n) is 14.9. The highest BCUT2D eigenvalue weighted by atomic mass is 32.2. The van der Waals surface area contributed by atoms with E-state index in [0.717, 1.165) is 30.2 Å². The summed E-state index contributed by atoms with van der Waals surface area (Å²) in [5.41, 5.74) is -0.707. The maximum atomic E-state index is 15.3.